The van der Waals surface area contributed by atoms with Crippen molar-refractivity contribution in [3.05, 3.63) is 29.6 Å². The molecule has 3 N–H and O–H groups in total. The molecular weight excluding hydrogens is 248 g/mol. The van der Waals surface area contributed by atoms with Gasteiger partial charge in [-0.25, -0.2) is 0 Å². The monoisotopic (exact) mass is 266 g/mol. The van der Waals surface area contributed by atoms with E-state index in [0.717, 1.165) is 6.54 Å². The van der Waals surface area contributed by atoms with Gasteiger partial charge in [-0.2, -0.15) is 0 Å². The van der Waals surface area contributed by atoms with Crippen LogP contribution >= 0.6 is 12.2 Å². The van der Waals surface area contributed by atoms with Gasteiger partial charge < -0.3 is 16.0 Å². The lowest BCUT2D eigenvalue weighted by atomic mass is 10.2. The highest BCUT2D eigenvalue weighted by atomic mass is 32.1. The third-order valence-electron chi connectivity index (χ3n) is 2.30. The molecular formula is C12H18N4OS. The van der Waals surface area contributed by atoms with Gasteiger partial charge >= 0.3 is 0 Å². The fraction of sp³-hybridized carbons (Fsp3) is 0.417. The number of nitrogens with zero attached hydrogens (tertiary/aromatic N) is 2. The molecule has 1 atom stereocenters. The number of rotatable bonds is 5. The quantitative estimate of drug-likeness (QED) is 0.755. The van der Waals surface area contributed by atoms with Crippen molar-refractivity contribution in [3.8, 4) is 0 Å². The third-order valence-corrected chi connectivity index (χ3v) is 2.53. The summed E-state index contributed by atoms with van der Waals surface area (Å²) in [6, 6.07) is 3.37. The van der Waals surface area contributed by atoms with Crippen LogP contribution in [0.25, 0.3) is 0 Å². The van der Waals surface area contributed by atoms with Gasteiger partial charge in [0.1, 0.15) is 10.7 Å². The van der Waals surface area contributed by atoms with Crippen LogP contribution in [0.5, 0.6) is 0 Å². The number of carbonyl (C=O) groups excluding carboxylic acids is 1. The summed E-state index contributed by atoms with van der Waals surface area (Å²) in [5.74, 6) is -0.196. The lowest BCUT2D eigenvalue weighted by molar-refractivity contribution is 0.0929. The maximum atomic E-state index is 11.9. The molecule has 0 fully saturated rings. The van der Waals surface area contributed by atoms with E-state index < -0.39 is 0 Å². The van der Waals surface area contributed by atoms with Gasteiger partial charge in [0.15, 0.2) is 0 Å². The highest BCUT2D eigenvalue weighted by Gasteiger charge is 2.11. The molecule has 98 valence electrons. The number of carbonyl (C=O) groups is 1. The lowest BCUT2D eigenvalue weighted by Crippen LogP contribution is -2.39. The minimum atomic E-state index is -0.196. The van der Waals surface area contributed by atoms with Crippen molar-refractivity contribution >= 4 is 23.1 Å². The number of pyridine rings is 1. The molecule has 0 saturated carbocycles. The number of thiocarbonyl (C=S) groups is 1. The second-order valence-electron chi connectivity index (χ2n) is 4.43. The molecule has 5 nitrogen and oxygen atoms in total. The molecule has 18 heavy (non-hydrogen) atoms. The number of nitrogens with two attached hydrogens (primary N) is 1. The van der Waals surface area contributed by atoms with Crippen LogP contribution in [0.2, 0.25) is 0 Å². The number of hydrogen-bond acceptors (Lipinski definition) is 4. The number of hydrogen-bond donors (Lipinski definition) is 2. The Kier molecular flexibility index (Phi) is 5.18. The van der Waals surface area contributed by atoms with Gasteiger partial charge in [-0.05, 0) is 33.2 Å². The maximum absolute atomic E-state index is 11.9. The first-order valence-corrected chi connectivity index (χ1v) is 6.02. The number of likely N-dealkylation sites (N-methyl/N-ethyl adjacent to an activating group) is 1. The average Bonchev–Trinajstić information content (AvgIpc) is 2.27. The second-order valence-corrected chi connectivity index (χ2v) is 4.87. The molecule has 1 aromatic heterocycles. The van der Waals surface area contributed by atoms with E-state index in [4.69, 9.17) is 18.0 Å². The molecule has 1 amide bonds. The van der Waals surface area contributed by atoms with E-state index in [2.05, 4.69) is 10.3 Å². The van der Waals surface area contributed by atoms with E-state index in [0.29, 0.717) is 11.3 Å². The summed E-state index contributed by atoms with van der Waals surface area (Å²) in [7, 11) is 3.91. The Morgan fingerprint density at radius 2 is 2.22 bits per heavy atom. The van der Waals surface area contributed by atoms with Crippen molar-refractivity contribution in [2.75, 3.05) is 20.6 Å². The van der Waals surface area contributed by atoms with Crippen molar-refractivity contribution in [2.45, 2.75) is 13.0 Å². The normalized spacial score (nSPS) is 12.2. The molecule has 0 aliphatic rings. The van der Waals surface area contributed by atoms with Gasteiger partial charge in [-0.15, -0.1) is 0 Å². The molecule has 0 aliphatic carbocycles. The SMILES string of the molecule is CC(CN(C)C)NC(=O)c1ccc(C(N)=S)cn1. The average molecular weight is 266 g/mol. The molecule has 1 aromatic rings. The molecule has 0 radical (unpaired) electrons. The first-order chi connectivity index (χ1) is 8.40. The van der Waals surface area contributed by atoms with Crippen molar-refractivity contribution in [3.63, 3.8) is 0 Å². The van der Waals surface area contributed by atoms with E-state index in [1.54, 1.807) is 12.1 Å². The van der Waals surface area contributed by atoms with Crippen LogP contribution < -0.4 is 11.1 Å². The molecule has 0 spiro atoms. The fourth-order valence-electron chi connectivity index (χ4n) is 1.57. The largest absolute Gasteiger partial charge is 0.389 e. The van der Waals surface area contributed by atoms with Crippen LogP contribution in [0, 0.1) is 0 Å². The van der Waals surface area contributed by atoms with E-state index in [9.17, 15) is 4.79 Å². The van der Waals surface area contributed by atoms with Crippen LogP contribution in [-0.4, -0.2) is 47.5 Å². The summed E-state index contributed by atoms with van der Waals surface area (Å²) in [4.78, 5) is 18.2. The summed E-state index contributed by atoms with van der Waals surface area (Å²) in [5, 5.41) is 2.87. The topological polar surface area (TPSA) is 71.2 Å². The lowest BCUT2D eigenvalue weighted by Gasteiger charge is -2.18. The number of aromatic nitrogens is 1. The van der Waals surface area contributed by atoms with Crippen LogP contribution in [-0.2, 0) is 0 Å². The molecule has 1 rings (SSSR count). The minimum Gasteiger partial charge on any atom is -0.389 e. The van der Waals surface area contributed by atoms with Crippen molar-refractivity contribution in [1.82, 2.24) is 15.2 Å². The summed E-state index contributed by atoms with van der Waals surface area (Å²) < 4.78 is 0. The fourth-order valence-corrected chi connectivity index (χ4v) is 1.69. The summed E-state index contributed by atoms with van der Waals surface area (Å²) in [6.45, 7) is 2.72. The van der Waals surface area contributed by atoms with Gasteiger partial charge in [0, 0.05) is 24.3 Å². The van der Waals surface area contributed by atoms with Crippen molar-refractivity contribution in [1.29, 1.82) is 0 Å². The van der Waals surface area contributed by atoms with Gasteiger partial charge in [-0.1, -0.05) is 12.2 Å². The zero-order chi connectivity index (χ0) is 13.7. The van der Waals surface area contributed by atoms with E-state index >= 15 is 0 Å². The molecule has 1 unspecified atom stereocenters. The smallest absolute Gasteiger partial charge is 0.270 e. The zero-order valence-electron chi connectivity index (χ0n) is 10.8. The van der Waals surface area contributed by atoms with Crippen LogP contribution in [0.4, 0.5) is 0 Å². The second kappa shape index (κ2) is 6.42. The number of nitrogens with one attached hydrogen (secondary N) is 1. The maximum Gasteiger partial charge on any atom is 0.270 e. The molecule has 6 heteroatoms. The predicted octanol–water partition coefficient (Wildman–Crippen LogP) is 0.396. The Hall–Kier alpha value is -1.53. The van der Waals surface area contributed by atoms with E-state index in [1.165, 1.54) is 6.20 Å². The Bertz CT molecular complexity index is 430. The Morgan fingerprint density at radius 3 is 2.67 bits per heavy atom. The first-order valence-electron chi connectivity index (χ1n) is 5.61. The molecule has 0 saturated heterocycles. The third kappa shape index (κ3) is 4.38. The van der Waals surface area contributed by atoms with E-state index in [-0.39, 0.29) is 16.9 Å². The van der Waals surface area contributed by atoms with Crippen molar-refractivity contribution < 1.29 is 4.79 Å². The molecule has 0 bridgehead atoms. The Morgan fingerprint density at radius 1 is 1.56 bits per heavy atom. The molecule has 0 aliphatic heterocycles. The van der Waals surface area contributed by atoms with E-state index in [1.807, 2.05) is 25.9 Å². The van der Waals surface area contributed by atoms with Gasteiger partial charge in [0.2, 0.25) is 0 Å². The van der Waals surface area contributed by atoms with Gasteiger partial charge in [0.05, 0.1) is 0 Å². The highest BCUT2D eigenvalue weighted by molar-refractivity contribution is 7.80. The first kappa shape index (κ1) is 14.5. The summed E-state index contributed by atoms with van der Waals surface area (Å²) in [5.41, 5.74) is 6.48. The molecule has 1 heterocycles. The van der Waals surface area contributed by atoms with Crippen LogP contribution in [0.1, 0.15) is 23.0 Å². The highest BCUT2D eigenvalue weighted by Crippen LogP contribution is 2.01. The van der Waals surface area contributed by atoms with Gasteiger partial charge in [-0.3, -0.25) is 9.78 Å². The number of amides is 1. The standard InChI is InChI=1S/C12H18N4OS/c1-8(7-16(2)3)15-12(17)10-5-4-9(6-14-10)11(13)18/h4-6,8H,7H2,1-3H3,(H2,13,18)(H,15,17). The minimum absolute atomic E-state index is 0.0598. The Balaban J connectivity index is 2.64. The van der Waals surface area contributed by atoms with Crippen LogP contribution in [0.3, 0.4) is 0 Å². The van der Waals surface area contributed by atoms with Crippen molar-refractivity contribution in [2.24, 2.45) is 5.73 Å². The predicted molar refractivity (Wildman–Crippen MR) is 75.6 cm³/mol. The summed E-state index contributed by atoms with van der Waals surface area (Å²) >= 11 is 4.82. The zero-order valence-corrected chi connectivity index (χ0v) is 11.6. The van der Waals surface area contributed by atoms with Crippen LogP contribution in [0.15, 0.2) is 18.3 Å². The molecule has 0 aromatic carbocycles. The van der Waals surface area contributed by atoms with Gasteiger partial charge in [0.25, 0.3) is 5.91 Å². The Labute approximate surface area is 112 Å². The summed E-state index contributed by atoms with van der Waals surface area (Å²) in [6.07, 6.45) is 1.51.